The van der Waals surface area contributed by atoms with Gasteiger partial charge in [-0.2, -0.15) is 5.26 Å². The Morgan fingerprint density at radius 3 is 2.96 bits per heavy atom. The summed E-state index contributed by atoms with van der Waals surface area (Å²) in [4.78, 5) is 16.1. The molecule has 1 aromatic heterocycles. The zero-order valence-corrected chi connectivity index (χ0v) is 13.2. The largest absolute Gasteiger partial charge is 0.489 e. The summed E-state index contributed by atoms with van der Waals surface area (Å²) >= 11 is 0. The van der Waals surface area contributed by atoms with Crippen LogP contribution in [0, 0.1) is 11.3 Å². The molecule has 3 rings (SSSR count). The normalized spacial score (nSPS) is 15.4. The number of nitriles is 1. The van der Waals surface area contributed by atoms with Gasteiger partial charge in [0.2, 0.25) is 0 Å². The Balaban J connectivity index is 1.88. The van der Waals surface area contributed by atoms with E-state index in [4.69, 9.17) is 14.2 Å². The fourth-order valence-electron chi connectivity index (χ4n) is 2.15. The van der Waals surface area contributed by atoms with Gasteiger partial charge in [0.1, 0.15) is 30.2 Å². The van der Waals surface area contributed by atoms with E-state index in [9.17, 15) is 10.1 Å². The molecule has 0 spiro atoms. The van der Waals surface area contributed by atoms with Crippen LogP contribution in [-0.4, -0.2) is 36.9 Å². The van der Waals surface area contributed by atoms with Gasteiger partial charge in [0.05, 0.1) is 24.5 Å². The van der Waals surface area contributed by atoms with E-state index in [1.165, 1.54) is 0 Å². The van der Waals surface area contributed by atoms with Gasteiger partial charge in [-0.25, -0.2) is 9.78 Å². The highest BCUT2D eigenvalue weighted by atomic mass is 16.6. The number of carbonyl (C=O) groups is 1. The summed E-state index contributed by atoms with van der Waals surface area (Å²) in [5.41, 5.74) is 2.05. The van der Waals surface area contributed by atoms with Gasteiger partial charge < -0.3 is 14.2 Å². The molecule has 24 heavy (non-hydrogen) atoms. The van der Waals surface area contributed by atoms with Crippen LogP contribution in [0.4, 0.5) is 0 Å². The first-order valence-electron chi connectivity index (χ1n) is 7.64. The van der Waals surface area contributed by atoms with Gasteiger partial charge in [-0.1, -0.05) is 12.1 Å². The standard InChI is InChI=1S/C18H16N2O4/c1-2-22-18(21)16-5-3-4-15(20-16)12-6-7-13(9-19)17(8-12)24-11-14-10-23-14/h3-8,14H,2,10-11H2,1H3/t14-/m1/s1. The molecule has 122 valence electrons. The molecule has 0 N–H and O–H groups in total. The van der Waals surface area contributed by atoms with E-state index < -0.39 is 5.97 Å². The monoisotopic (exact) mass is 324 g/mol. The number of carbonyl (C=O) groups excluding carboxylic acids is 1. The molecule has 0 amide bonds. The molecule has 0 aliphatic carbocycles. The molecule has 1 aliphatic rings. The molecule has 0 bridgehead atoms. The van der Waals surface area contributed by atoms with Gasteiger partial charge in [0.25, 0.3) is 0 Å². The summed E-state index contributed by atoms with van der Waals surface area (Å²) in [7, 11) is 0. The Hall–Kier alpha value is -2.91. The van der Waals surface area contributed by atoms with E-state index >= 15 is 0 Å². The highest BCUT2D eigenvalue weighted by molar-refractivity contribution is 5.88. The molecular formula is C18H16N2O4. The van der Waals surface area contributed by atoms with Crippen molar-refractivity contribution >= 4 is 5.97 Å². The first-order valence-corrected chi connectivity index (χ1v) is 7.64. The number of aromatic nitrogens is 1. The van der Waals surface area contributed by atoms with Crippen LogP contribution < -0.4 is 4.74 Å². The Bertz CT molecular complexity index is 794. The molecule has 1 fully saturated rings. The number of benzene rings is 1. The minimum absolute atomic E-state index is 0.102. The smallest absolute Gasteiger partial charge is 0.356 e. The van der Waals surface area contributed by atoms with Crippen LogP contribution >= 0.6 is 0 Å². The molecule has 6 nitrogen and oxygen atoms in total. The average Bonchev–Trinajstić information content (AvgIpc) is 3.44. The van der Waals surface area contributed by atoms with Gasteiger partial charge >= 0.3 is 5.97 Å². The quantitative estimate of drug-likeness (QED) is 0.600. The topological polar surface area (TPSA) is 84.7 Å². The molecule has 6 heteroatoms. The summed E-state index contributed by atoms with van der Waals surface area (Å²) in [6.45, 7) is 3.14. The van der Waals surface area contributed by atoms with E-state index in [0.717, 1.165) is 5.56 Å². The molecule has 0 unspecified atom stereocenters. The Morgan fingerprint density at radius 2 is 2.25 bits per heavy atom. The predicted octanol–water partition coefficient (Wildman–Crippen LogP) is 2.57. The molecular weight excluding hydrogens is 308 g/mol. The van der Waals surface area contributed by atoms with Crippen molar-refractivity contribution in [1.82, 2.24) is 4.98 Å². The lowest BCUT2D eigenvalue weighted by atomic mass is 10.1. The summed E-state index contributed by atoms with van der Waals surface area (Å²) in [5, 5.41) is 9.20. The highest BCUT2D eigenvalue weighted by Crippen LogP contribution is 2.27. The minimum atomic E-state index is -0.463. The molecule has 1 aliphatic heterocycles. The molecule has 1 atom stereocenters. The lowest BCUT2D eigenvalue weighted by molar-refractivity contribution is 0.0519. The van der Waals surface area contributed by atoms with Crippen molar-refractivity contribution in [1.29, 1.82) is 5.26 Å². The van der Waals surface area contributed by atoms with Gasteiger partial charge in [0.15, 0.2) is 0 Å². The zero-order chi connectivity index (χ0) is 16.9. The Kier molecular flexibility index (Phi) is 4.73. The van der Waals surface area contributed by atoms with Gasteiger partial charge in [0, 0.05) is 5.56 Å². The summed E-state index contributed by atoms with van der Waals surface area (Å²) in [6, 6.07) is 12.4. The van der Waals surface area contributed by atoms with E-state index in [2.05, 4.69) is 11.1 Å². The van der Waals surface area contributed by atoms with Crippen LogP contribution in [0.25, 0.3) is 11.3 Å². The predicted molar refractivity (Wildman–Crippen MR) is 85.6 cm³/mol. The fourth-order valence-corrected chi connectivity index (χ4v) is 2.15. The SMILES string of the molecule is CCOC(=O)c1cccc(-c2ccc(C#N)c(OC[C@H]3CO3)c2)n1. The van der Waals surface area contributed by atoms with Gasteiger partial charge in [-0.15, -0.1) is 0 Å². The molecule has 1 aromatic carbocycles. The second kappa shape index (κ2) is 7.11. The van der Waals surface area contributed by atoms with Crippen LogP contribution in [0.3, 0.4) is 0 Å². The molecule has 0 saturated carbocycles. The van der Waals surface area contributed by atoms with Crippen LogP contribution in [0.5, 0.6) is 5.75 Å². The fraction of sp³-hybridized carbons (Fsp3) is 0.278. The lowest BCUT2D eigenvalue weighted by Crippen LogP contribution is -2.07. The van der Waals surface area contributed by atoms with E-state index in [-0.39, 0.29) is 11.8 Å². The number of epoxide rings is 1. The Morgan fingerprint density at radius 1 is 1.42 bits per heavy atom. The number of hydrogen-bond acceptors (Lipinski definition) is 6. The lowest BCUT2D eigenvalue weighted by Gasteiger charge is -2.09. The van der Waals surface area contributed by atoms with Crippen LogP contribution in [0.15, 0.2) is 36.4 Å². The second-order valence-corrected chi connectivity index (χ2v) is 5.22. The van der Waals surface area contributed by atoms with Crippen molar-refractivity contribution in [3.05, 3.63) is 47.7 Å². The summed E-state index contributed by atoms with van der Waals surface area (Å²) in [5.74, 6) is 0.0178. The number of hydrogen-bond donors (Lipinski definition) is 0. The highest BCUT2D eigenvalue weighted by Gasteiger charge is 2.23. The van der Waals surface area contributed by atoms with E-state index in [1.807, 2.05) is 0 Å². The van der Waals surface area contributed by atoms with E-state index in [1.54, 1.807) is 43.3 Å². The first kappa shape index (κ1) is 16.0. The number of nitrogens with zero attached hydrogens (tertiary/aromatic N) is 2. The van der Waals surface area contributed by atoms with E-state index in [0.29, 0.717) is 36.8 Å². The van der Waals surface area contributed by atoms with Crippen molar-refractivity contribution in [2.24, 2.45) is 0 Å². The maximum absolute atomic E-state index is 11.8. The number of ether oxygens (including phenoxy) is 3. The average molecular weight is 324 g/mol. The van der Waals surface area contributed by atoms with Crippen molar-refractivity contribution in [3.63, 3.8) is 0 Å². The second-order valence-electron chi connectivity index (χ2n) is 5.22. The third kappa shape index (κ3) is 3.70. The number of rotatable bonds is 6. The maximum atomic E-state index is 11.8. The van der Waals surface area contributed by atoms with Crippen molar-refractivity contribution < 1.29 is 19.0 Å². The summed E-state index contributed by atoms with van der Waals surface area (Å²) < 4.78 is 15.7. The molecule has 1 saturated heterocycles. The number of pyridine rings is 1. The van der Waals surface area contributed by atoms with Gasteiger partial charge in [-0.05, 0) is 31.2 Å². The van der Waals surface area contributed by atoms with Crippen molar-refractivity contribution in [3.8, 4) is 23.1 Å². The van der Waals surface area contributed by atoms with Crippen LogP contribution in [-0.2, 0) is 9.47 Å². The number of esters is 1. The third-order valence-corrected chi connectivity index (χ3v) is 3.46. The zero-order valence-electron chi connectivity index (χ0n) is 13.2. The maximum Gasteiger partial charge on any atom is 0.356 e. The van der Waals surface area contributed by atoms with Gasteiger partial charge in [-0.3, -0.25) is 0 Å². The Labute approximate surface area is 139 Å². The molecule has 2 heterocycles. The van der Waals surface area contributed by atoms with Crippen molar-refractivity contribution in [2.75, 3.05) is 19.8 Å². The molecule has 0 radical (unpaired) electrons. The van der Waals surface area contributed by atoms with Crippen molar-refractivity contribution in [2.45, 2.75) is 13.0 Å². The first-order chi connectivity index (χ1) is 11.7. The third-order valence-electron chi connectivity index (χ3n) is 3.46. The molecule has 2 aromatic rings. The van der Waals surface area contributed by atoms with Crippen LogP contribution in [0.1, 0.15) is 23.0 Å². The minimum Gasteiger partial charge on any atom is -0.489 e. The summed E-state index contributed by atoms with van der Waals surface area (Å²) in [6.07, 6.45) is 0.102. The van der Waals surface area contributed by atoms with Crippen LogP contribution in [0.2, 0.25) is 0 Å².